The Morgan fingerprint density at radius 1 is 0.976 bits per heavy atom. The van der Waals surface area contributed by atoms with Crippen molar-refractivity contribution >= 4 is 17.5 Å². The second kappa shape index (κ2) is 12.2. The number of aryl methyl sites for hydroxylation is 1. The van der Waals surface area contributed by atoms with Crippen LogP contribution in [0.3, 0.4) is 0 Å². The van der Waals surface area contributed by atoms with Gasteiger partial charge in [-0.15, -0.1) is 0 Å². The van der Waals surface area contributed by atoms with Crippen LogP contribution in [0.5, 0.6) is 11.5 Å². The van der Waals surface area contributed by atoms with Crippen LogP contribution in [-0.2, 0) is 11.3 Å². The largest absolute Gasteiger partial charge is 0.490 e. The van der Waals surface area contributed by atoms with Crippen molar-refractivity contribution in [1.29, 1.82) is 0 Å². The molecule has 3 fully saturated rings. The van der Waals surface area contributed by atoms with Gasteiger partial charge in [-0.25, -0.2) is 8.78 Å². The molecule has 3 aliphatic rings. The molecule has 1 N–H and O–H groups in total. The predicted octanol–water partition coefficient (Wildman–Crippen LogP) is 6.82. The van der Waals surface area contributed by atoms with Crippen LogP contribution < -0.4 is 14.8 Å². The predicted molar refractivity (Wildman–Crippen MR) is 159 cm³/mol. The van der Waals surface area contributed by atoms with Crippen molar-refractivity contribution in [1.82, 2.24) is 10.2 Å². The Bertz CT molecular complexity index is 1450. The second-order valence-corrected chi connectivity index (χ2v) is 12.3. The zero-order chi connectivity index (χ0) is 29.4. The summed E-state index contributed by atoms with van der Waals surface area (Å²) >= 11 is 5.83. The summed E-state index contributed by atoms with van der Waals surface area (Å²) in [5, 5.41) is 3.16. The first-order chi connectivity index (χ1) is 20.3. The summed E-state index contributed by atoms with van der Waals surface area (Å²) in [4.78, 5) is 16.6. The van der Waals surface area contributed by atoms with Crippen molar-refractivity contribution in [2.75, 3.05) is 26.3 Å². The fraction of sp³-hybridized carbons (Fsp3) is 0.441. The molecule has 1 amide bonds. The molecule has 42 heavy (non-hydrogen) atoms. The van der Waals surface area contributed by atoms with E-state index in [1.54, 1.807) is 0 Å². The minimum atomic E-state index is -0.737. The van der Waals surface area contributed by atoms with Gasteiger partial charge in [-0.1, -0.05) is 41.9 Å². The van der Waals surface area contributed by atoms with E-state index in [0.717, 1.165) is 50.0 Å². The molecule has 0 bridgehead atoms. The van der Waals surface area contributed by atoms with E-state index in [2.05, 4.69) is 54.4 Å². The van der Waals surface area contributed by atoms with Crippen LogP contribution >= 0.6 is 11.6 Å². The third kappa shape index (κ3) is 5.86. The first-order valence-electron chi connectivity index (χ1n) is 14.9. The molecule has 3 aromatic carbocycles. The summed E-state index contributed by atoms with van der Waals surface area (Å²) in [5.74, 6) is 0.0987. The number of rotatable bonds is 10. The van der Waals surface area contributed by atoms with Crippen molar-refractivity contribution < 1.29 is 23.0 Å². The van der Waals surface area contributed by atoms with Crippen molar-refractivity contribution in [3.8, 4) is 11.5 Å². The Balaban J connectivity index is 1.14. The number of hydrogen-bond acceptors (Lipinski definition) is 4. The molecule has 0 aromatic heterocycles. The Morgan fingerprint density at radius 2 is 1.71 bits per heavy atom. The summed E-state index contributed by atoms with van der Waals surface area (Å²) in [6, 6.07) is 16.6. The Morgan fingerprint density at radius 3 is 2.48 bits per heavy atom. The van der Waals surface area contributed by atoms with Crippen molar-refractivity contribution in [2.45, 2.75) is 51.6 Å². The summed E-state index contributed by atoms with van der Waals surface area (Å²) in [6.07, 6.45) is 3.15. The first-order valence-corrected chi connectivity index (χ1v) is 15.2. The van der Waals surface area contributed by atoms with Gasteiger partial charge in [0.2, 0.25) is 5.91 Å². The number of fused-ring (bicyclic) bond motifs is 1. The lowest BCUT2D eigenvalue weighted by Gasteiger charge is -2.32. The number of nitrogens with zero attached hydrogens (tertiary/aromatic N) is 1. The third-order valence-corrected chi connectivity index (χ3v) is 9.72. The fourth-order valence-electron chi connectivity index (χ4n) is 6.79. The van der Waals surface area contributed by atoms with Crippen LogP contribution in [0.25, 0.3) is 0 Å². The lowest BCUT2D eigenvalue weighted by molar-refractivity contribution is -0.138. The number of carbonyl (C=O) groups is 1. The maximum Gasteiger partial charge on any atom is 0.227 e. The molecule has 0 radical (unpaired) electrons. The zero-order valence-corrected chi connectivity index (χ0v) is 24.8. The number of ether oxygens (including phenoxy) is 2. The molecule has 2 saturated carbocycles. The van der Waals surface area contributed by atoms with Gasteiger partial charge in [0.25, 0.3) is 0 Å². The van der Waals surface area contributed by atoms with Crippen molar-refractivity contribution in [2.24, 2.45) is 17.8 Å². The molecule has 0 spiro atoms. The highest BCUT2D eigenvalue weighted by atomic mass is 35.5. The minimum absolute atomic E-state index is 0.00875. The monoisotopic (exact) mass is 594 g/mol. The van der Waals surface area contributed by atoms with Crippen LogP contribution in [0, 0.1) is 43.2 Å². The van der Waals surface area contributed by atoms with Gasteiger partial charge < -0.3 is 19.7 Å². The minimum Gasteiger partial charge on any atom is -0.490 e. The number of benzene rings is 3. The topological polar surface area (TPSA) is 50.8 Å². The van der Waals surface area contributed by atoms with Gasteiger partial charge in [-0.05, 0) is 110 Å². The van der Waals surface area contributed by atoms with Gasteiger partial charge in [-0.3, -0.25) is 4.79 Å². The second-order valence-electron chi connectivity index (χ2n) is 11.9. The molecule has 3 aromatic rings. The summed E-state index contributed by atoms with van der Waals surface area (Å²) in [5.41, 5.74) is 4.92. The van der Waals surface area contributed by atoms with Crippen molar-refractivity contribution in [3.63, 3.8) is 0 Å². The van der Waals surface area contributed by atoms with E-state index in [1.165, 1.54) is 16.7 Å². The van der Waals surface area contributed by atoms with Crippen LogP contribution in [0.4, 0.5) is 8.78 Å². The lowest BCUT2D eigenvalue weighted by atomic mass is 9.83. The van der Waals surface area contributed by atoms with Gasteiger partial charge in [0, 0.05) is 18.5 Å². The molecule has 1 aliphatic heterocycles. The Kier molecular flexibility index (Phi) is 8.42. The highest BCUT2D eigenvalue weighted by Crippen LogP contribution is 2.50. The highest BCUT2D eigenvalue weighted by molar-refractivity contribution is 6.32. The van der Waals surface area contributed by atoms with Gasteiger partial charge in [-0.2, -0.15) is 0 Å². The number of carbonyl (C=O) groups excluding carboxylic acids is 1. The molecule has 6 rings (SSSR count). The molecule has 1 saturated heterocycles. The summed E-state index contributed by atoms with van der Waals surface area (Å²) in [6.45, 7) is 6.95. The molecule has 8 heteroatoms. The lowest BCUT2D eigenvalue weighted by Crippen LogP contribution is -2.41. The standard InChI is InChI=1S/C34H37ClF2N2O3/c1-20-4-3-5-23(21(20)2)19-39(25-8-9-25)34(40)31-27(16-24-17-38-18-28(24)31)22-6-10-26(11-7-22)41-14-15-42-33-30(37)13-12-29(36)32(33)35/h3-7,10-13,24-25,27-28,31,38H,8-9,14-19H2,1-2H3/t24-,27?,28?,31?/m0/s1. The zero-order valence-electron chi connectivity index (χ0n) is 24.0. The molecule has 5 nitrogen and oxygen atoms in total. The van der Waals surface area contributed by atoms with E-state index in [0.29, 0.717) is 36.1 Å². The van der Waals surface area contributed by atoms with Crippen LogP contribution in [0.2, 0.25) is 5.02 Å². The fourth-order valence-corrected chi connectivity index (χ4v) is 7.00. The number of halogens is 3. The quantitative estimate of drug-likeness (QED) is 0.207. The van der Waals surface area contributed by atoms with E-state index >= 15 is 0 Å². The normalized spacial score (nSPS) is 23.1. The number of amides is 1. The van der Waals surface area contributed by atoms with Gasteiger partial charge in [0.1, 0.15) is 29.8 Å². The summed E-state index contributed by atoms with van der Waals surface area (Å²) in [7, 11) is 0. The number of hydrogen-bond donors (Lipinski definition) is 1. The molecular formula is C34H37ClF2N2O3. The van der Waals surface area contributed by atoms with E-state index < -0.39 is 11.6 Å². The van der Waals surface area contributed by atoms with Crippen LogP contribution in [0.15, 0.2) is 54.6 Å². The van der Waals surface area contributed by atoms with E-state index in [1.807, 2.05) is 12.1 Å². The smallest absolute Gasteiger partial charge is 0.227 e. The van der Waals surface area contributed by atoms with Gasteiger partial charge in [0.05, 0.1) is 0 Å². The molecule has 1 heterocycles. The maximum absolute atomic E-state index is 14.4. The van der Waals surface area contributed by atoms with E-state index in [-0.39, 0.29) is 35.8 Å². The number of nitrogens with one attached hydrogen (secondary N) is 1. The maximum atomic E-state index is 14.4. The SMILES string of the molecule is Cc1cccc(CN(C(=O)C2C(c3ccc(OCCOc4c(F)ccc(F)c4Cl)cc3)C[C@H]3CNCC23)C2CC2)c1C. The first kappa shape index (κ1) is 28.9. The molecule has 3 unspecified atom stereocenters. The van der Waals surface area contributed by atoms with Crippen LogP contribution in [0.1, 0.15) is 47.4 Å². The highest BCUT2D eigenvalue weighted by Gasteiger charge is 2.51. The van der Waals surface area contributed by atoms with Crippen LogP contribution in [-0.4, -0.2) is 43.2 Å². The average molecular weight is 595 g/mol. The third-order valence-electron chi connectivity index (χ3n) is 9.37. The average Bonchev–Trinajstić information content (AvgIpc) is 3.61. The van der Waals surface area contributed by atoms with Crippen molar-refractivity contribution in [3.05, 3.63) is 93.5 Å². The van der Waals surface area contributed by atoms with E-state index in [9.17, 15) is 13.6 Å². The molecule has 222 valence electrons. The Hall–Kier alpha value is -3.16. The molecule has 4 atom stereocenters. The molecular weight excluding hydrogens is 558 g/mol. The summed E-state index contributed by atoms with van der Waals surface area (Å²) < 4.78 is 38.7. The van der Waals surface area contributed by atoms with E-state index in [4.69, 9.17) is 21.1 Å². The Labute approximate surface area is 251 Å². The van der Waals surface area contributed by atoms with Gasteiger partial charge in [0.15, 0.2) is 11.6 Å². The molecule has 2 aliphatic carbocycles. The van der Waals surface area contributed by atoms with Gasteiger partial charge >= 0.3 is 0 Å².